The Bertz CT molecular complexity index is 212. The van der Waals surface area contributed by atoms with Crippen molar-refractivity contribution in [1.29, 1.82) is 0 Å². The largest absolute Gasteiger partial charge is 0.433 e. The maximum atomic E-state index is 11.9. The minimum Gasteiger partial charge on any atom is -0.253 e. The molecule has 1 aliphatic rings. The topological polar surface area (TPSA) is 12.4 Å². The summed E-state index contributed by atoms with van der Waals surface area (Å²) in [6, 6.07) is 0. The van der Waals surface area contributed by atoms with Crippen LogP contribution in [0.15, 0.2) is 16.8 Å². The molecule has 0 unspecified atom stereocenters. The summed E-state index contributed by atoms with van der Waals surface area (Å²) in [5.41, 5.74) is -0.193. The van der Waals surface area contributed by atoms with Crippen molar-refractivity contribution in [1.82, 2.24) is 0 Å². The minimum absolute atomic E-state index is 0.449. The van der Waals surface area contributed by atoms with Crippen LogP contribution in [0.2, 0.25) is 0 Å². The lowest BCUT2D eigenvalue weighted by Crippen LogP contribution is -2.14. The molecule has 0 radical (unpaired) electrons. The zero-order valence-corrected chi connectivity index (χ0v) is 6.07. The summed E-state index contributed by atoms with van der Waals surface area (Å²) in [5.74, 6) is 0. The third kappa shape index (κ3) is 2.06. The number of halogens is 3. The lowest BCUT2D eigenvalue weighted by atomic mass is 10.1. The number of nitrogens with zero attached hydrogens (tertiary/aromatic N) is 1. The highest BCUT2D eigenvalue weighted by molar-refractivity contribution is 5.83. The van der Waals surface area contributed by atoms with E-state index in [1.54, 1.807) is 6.92 Å². The van der Waals surface area contributed by atoms with Crippen LogP contribution >= 0.6 is 0 Å². The van der Waals surface area contributed by atoms with E-state index in [2.05, 4.69) is 4.99 Å². The van der Waals surface area contributed by atoms with Gasteiger partial charge < -0.3 is 0 Å². The summed E-state index contributed by atoms with van der Waals surface area (Å²) in [4.78, 5) is 3.41. The van der Waals surface area contributed by atoms with Gasteiger partial charge in [-0.25, -0.2) is 0 Å². The highest BCUT2D eigenvalue weighted by atomic mass is 19.4. The van der Waals surface area contributed by atoms with Crippen LogP contribution in [-0.2, 0) is 0 Å². The molecule has 0 spiro atoms. The van der Waals surface area contributed by atoms with Crippen molar-refractivity contribution in [2.45, 2.75) is 25.9 Å². The zero-order chi connectivity index (χ0) is 8.48. The first-order valence-electron chi connectivity index (χ1n) is 3.31. The van der Waals surface area contributed by atoms with Crippen LogP contribution in [0, 0.1) is 0 Å². The maximum Gasteiger partial charge on any atom is 0.433 e. The van der Waals surface area contributed by atoms with Gasteiger partial charge in [0.05, 0.1) is 0 Å². The summed E-state index contributed by atoms with van der Waals surface area (Å²) in [5, 5.41) is 0. The summed E-state index contributed by atoms with van der Waals surface area (Å²) in [6.45, 7) is 1.61. The number of aliphatic imine (C=N–C) groups is 1. The summed E-state index contributed by atoms with van der Waals surface area (Å²) < 4.78 is 35.8. The van der Waals surface area contributed by atoms with E-state index in [0.717, 1.165) is 6.08 Å². The van der Waals surface area contributed by atoms with Crippen LogP contribution in [0.25, 0.3) is 0 Å². The van der Waals surface area contributed by atoms with Crippen LogP contribution in [0.3, 0.4) is 0 Å². The molecule has 1 heterocycles. The molecule has 0 aliphatic carbocycles. The fourth-order valence-corrected chi connectivity index (χ4v) is 0.904. The van der Waals surface area contributed by atoms with Crippen molar-refractivity contribution in [3.05, 3.63) is 11.8 Å². The van der Waals surface area contributed by atoms with E-state index in [0.29, 0.717) is 18.6 Å². The van der Waals surface area contributed by atoms with Crippen molar-refractivity contribution in [2.75, 3.05) is 0 Å². The van der Waals surface area contributed by atoms with Crippen LogP contribution in [0.5, 0.6) is 0 Å². The molecule has 0 aromatic heterocycles. The van der Waals surface area contributed by atoms with Crippen molar-refractivity contribution in [3.8, 4) is 0 Å². The van der Waals surface area contributed by atoms with Gasteiger partial charge in [-0.3, -0.25) is 4.99 Å². The molecule has 1 rings (SSSR count). The van der Waals surface area contributed by atoms with Gasteiger partial charge in [-0.05, 0) is 19.8 Å². The molecule has 0 N–H and O–H groups in total. The molecular formula is C7H8F3N. The Hall–Kier alpha value is -0.800. The van der Waals surface area contributed by atoms with Crippen molar-refractivity contribution < 1.29 is 13.2 Å². The second kappa shape index (κ2) is 2.68. The van der Waals surface area contributed by atoms with Crippen molar-refractivity contribution in [3.63, 3.8) is 0 Å². The molecule has 1 aliphatic heterocycles. The molecule has 0 aromatic carbocycles. The molecule has 0 saturated carbocycles. The Morgan fingerprint density at radius 2 is 2.09 bits per heavy atom. The first-order chi connectivity index (χ1) is 5.00. The van der Waals surface area contributed by atoms with Gasteiger partial charge >= 0.3 is 6.18 Å². The van der Waals surface area contributed by atoms with Crippen LogP contribution in [0.1, 0.15) is 19.8 Å². The van der Waals surface area contributed by atoms with Gasteiger partial charge in [0.1, 0.15) is 5.70 Å². The molecule has 0 bridgehead atoms. The van der Waals surface area contributed by atoms with Crippen molar-refractivity contribution in [2.24, 2.45) is 4.99 Å². The molecule has 11 heavy (non-hydrogen) atoms. The molecule has 62 valence electrons. The monoisotopic (exact) mass is 163 g/mol. The van der Waals surface area contributed by atoms with E-state index in [9.17, 15) is 13.2 Å². The van der Waals surface area contributed by atoms with E-state index >= 15 is 0 Å². The Morgan fingerprint density at radius 1 is 1.45 bits per heavy atom. The van der Waals surface area contributed by atoms with E-state index in [1.165, 1.54) is 0 Å². The van der Waals surface area contributed by atoms with E-state index in [1.807, 2.05) is 0 Å². The average molecular weight is 163 g/mol. The van der Waals surface area contributed by atoms with Gasteiger partial charge in [0.15, 0.2) is 0 Å². The number of rotatable bonds is 0. The maximum absolute atomic E-state index is 11.9. The van der Waals surface area contributed by atoms with Crippen LogP contribution in [0.4, 0.5) is 13.2 Å². The zero-order valence-electron chi connectivity index (χ0n) is 6.07. The van der Waals surface area contributed by atoms with Gasteiger partial charge in [-0.2, -0.15) is 13.2 Å². The van der Waals surface area contributed by atoms with Crippen molar-refractivity contribution >= 4 is 5.71 Å². The predicted molar refractivity (Wildman–Crippen MR) is 36.5 cm³/mol. The molecule has 1 nitrogen and oxygen atoms in total. The molecule has 0 aromatic rings. The second-order valence-electron chi connectivity index (χ2n) is 2.47. The fraction of sp³-hybridized carbons (Fsp3) is 0.571. The first kappa shape index (κ1) is 8.30. The fourth-order valence-electron chi connectivity index (χ4n) is 0.904. The van der Waals surface area contributed by atoms with Gasteiger partial charge in [-0.1, -0.05) is 6.08 Å². The lowest BCUT2D eigenvalue weighted by molar-refractivity contribution is -0.0927. The summed E-state index contributed by atoms with van der Waals surface area (Å²) >= 11 is 0. The van der Waals surface area contributed by atoms with Gasteiger partial charge in [0, 0.05) is 5.71 Å². The Morgan fingerprint density at radius 3 is 2.45 bits per heavy atom. The third-order valence-corrected chi connectivity index (χ3v) is 1.45. The smallest absolute Gasteiger partial charge is 0.253 e. The highest BCUT2D eigenvalue weighted by Crippen LogP contribution is 2.29. The molecule has 0 fully saturated rings. The van der Waals surface area contributed by atoms with Gasteiger partial charge in [-0.15, -0.1) is 0 Å². The average Bonchev–Trinajstić information content (AvgIpc) is 1.86. The lowest BCUT2D eigenvalue weighted by Gasteiger charge is -2.12. The summed E-state index contributed by atoms with van der Waals surface area (Å²) in [6.07, 6.45) is -2.06. The van der Waals surface area contributed by atoms with Crippen LogP contribution in [-0.4, -0.2) is 11.9 Å². The Kier molecular flexibility index (Phi) is 2.02. The number of hydrogen-bond donors (Lipinski definition) is 0. The van der Waals surface area contributed by atoms with Gasteiger partial charge in [0.2, 0.25) is 0 Å². The standard InChI is InChI=1S/C7H8F3N/c1-5-3-2-4-6(11-5)7(8,9)10/h4H,2-3H2,1H3. The Labute approximate surface area is 62.6 Å². The molecular weight excluding hydrogens is 155 g/mol. The first-order valence-corrected chi connectivity index (χ1v) is 3.31. The number of allylic oxidation sites excluding steroid dienone is 2. The number of alkyl halides is 3. The van der Waals surface area contributed by atoms with E-state index < -0.39 is 11.9 Å². The van der Waals surface area contributed by atoms with Crippen LogP contribution < -0.4 is 0 Å². The summed E-state index contributed by atoms with van der Waals surface area (Å²) in [7, 11) is 0. The second-order valence-corrected chi connectivity index (χ2v) is 2.47. The Balaban J connectivity index is 2.82. The predicted octanol–water partition coefficient (Wildman–Crippen LogP) is 2.69. The molecule has 0 atom stereocenters. The SMILES string of the molecule is CC1=NC(C(F)(F)F)=CCC1. The quantitative estimate of drug-likeness (QED) is 0.520. The third-order valence-electron chi connectivity index (χ3n) is 1.45. The normalized spacial score (nSPS) is 19.3. The molecule has 0 saturated heterocycles. The molecule has 0 amide bonds. The van der Waals surface area contributed by atoms with E-state index in [-0.39, 0.29) is 0 Å². The highest BCUT2D eigenvalue weighted by Gasteiger charge is 2.34. The minimum atomic E-state index is -4.28. The van der Waals surface area contributed by atoms with E-state index in [4.69, 9.17) is 0 Å². The number of hydrogen-bond acceptors (Lipinski definition) is 1. The molecule has 4 heteroatoms. The van der Waals surface area contributed by atoms with Gasteiger partial charge in [0.25, 0.3) is 0 Å².